The van der Waals surface area contributed by atoms with E-state index in [0.29, 0.717) is 18.3 Å². The minimum absolute atomic E-state index is 0.00344. The molecule has 3 rings (SSSR count). The van der Waals surface area contributed by atoms with E-state index in [2.05, 4.69) is 37.1 Å². The Kier molecular flexibility index (Phi) is 6.37. The average molecular weight is 392 g/mol. The molecule has 1 aliphatic rings. The Bertz CT molecular complexity index is 905. The fourth-order valence-corrected chi connectivity index (χ4v) is 3.12. The Morgan fingerprint density at radius 3 is 2.52 bits per heavy atom. The molecule has 2 heterocycles. The van der Waals surface area contributed by atoms with Crippen LogP contribution in [-0.2, 0) is 16.0 Å². The van der Waals surface area contributed by atoms with Crippen molar-refractivity contribution in [3.63, 3.8) is 0 Å². The number of ether oxygens (including phenoxy) is 1. The number of amides is 1. The molecule has 0 atom stereocenters. The predicted molar refractivity (Wildman–Crippen MR) is 117 cm³/mol. The van der Waals surface area contributed by atoms with Gasteiger partial charge in [-0.3, -0.25) is 10.1 Å². The van der Waals surface area contributed by atoms with Gasteiger partial charge < -0.3 is 10.5 Å². The Balaban J connectivity index is 1.66. The predicted octanol–water partition coefficient (Wildman–Crippen LogP) is 4.61. The van der Waals surface area contributed by atoms with Crippen LogP contribution in [0.3, 0.4) is 0 Å². The lowest BCUT2D eigenvalue weighted by molar-refractivity contribution is -0.120. The summed E-state index contributed by atoms with van der Waals surface area (Å²) in [6.45, 7) is 7.09. The van der Waals surface area contributed by atoms with Gasteiger partial charge in [0.05, 0.1) is 13.0 Å². The number of nitrogens with one attached hydrogen (secondary N) is 1. The van der Waals surface area contributed by atoms with Crippen LogP contribution in [0, 0.1) is 5.41 Å². The van der Waals surface area contributed by atoms with Gasteiger partial charge in [-0.15, -0.1) is 0 Å². The molecule has 0 saturated carbocycles. The molecular formula is C24H29N3O2. The third-order valence-electron chi connectivity index (χ3n) is 4.82. The Hall–Kier alpha value is -3.08. The van der Waals surface area contributed by atoms with Crippen LogP contribution in [-0.4, -0.2) is 17.5 Å². The van der Waals surface area contributed by atoms with E-state index in [4.69, 9.17) is 10.5 Å². The van der Waals surface area contributed by atoms with Gasteiger partial charge in [-0.1, -0.05) is 51.1 Å². The van der Waals surface area contributed by atoms with Gasteiger partial charge in [-0.25, -0.2) is 4.98 Å². The molecular weight excluding hydrogens is 362 g/mol. The highest BCUT2D eigenvalue weighted by Gasteiger charge is 2.18. The van der Waals surface area contributed by atoms with Crippen LogP contribution >= 0.6 is 0 Å². The second-order valence-corrected chi connectivity index (χ2v) is 8.30. The van der Waals surface area contributed by atoms with E-state index in [9.17, 15) is 4.79 Å². The maximum atomic E-state index is 12.6. The minimum atomic E-state index is -0.0908. The van der Waals surface area contributed by atoms with Crippen LogP contribution in [0.2, 0.25) is 0 Å². The second-order valence-electron chi connectivity index (χ2n) is 8.30. The molecule has 0 fully saturated rings. The lowest BCUT2D eigenvalue weighted by Crippen LogP contribution is -2.27. The zero-order chi connectivity index (χ0) is 20.9. The molecule has 0 aliphatic carbocycles. The zero-order valence-electron chi connectivity index (χ0n) is 17.4. The summed E-state index contributed by atoms with van der Waals surface area (Å²) in [5.74, 6) is 0.935. The number of benzene rings is 1. The highest BCUT2D eigenvalue weighted by molar-refractivity contribution is 5.80. The highest BCUT2D eigenvalue weighted by Crippen LogP contribution is 2.28. The number of hydrogen-bond donors (Lipinski definition) is 2. The summed E-state index contributed by atoms with van der Waals surface area (Å²) in [5, 5.41) is 2.92. The number of carbonyl (C=O) groups excluding carboxylic acids is 1. The van der Waals surface area contributed by atoms with E-state index in [-0.39, 0.29) is 17.7 Å². The number of rotatable bonds is 4. The summed E-state index contributed by atoms with van der Waals surface area (Å²) >= 11 is 0. The van der Waals surface area contributed by atoms with Crippen molar-refractivity contribution in [2.45, 2.75) is 40.0 Å². The number of pyridine rings is 1. The number of nitrogens with zero attached hydrogens (tertiary/aromatic N) is 1. The number of nitrogen functional groups attached to an aromatic ring is 1. The van der Waals surface area contributed by atoms with Gasteiger partial charge in [-0.2, -0.15) is 0 Å². The van der Waals surface area contributed by atoms with E-state index < -0.39 is 0 Å². The van der Waals surface area contributed by atoms with Crippen molar-refractivity contribution in [2.75, 3.05) is 12.3 Å². The number of carbonyl (C=O) groups is 1. The number of nitrogens with two attached hydrogens (primary N) is 1. The zero-order valence-corrected chi connectivity index (χ0v) is 17.4. The van der Waals surface area contributed by atoms with Crippen LogP contribution in [0.4, 0.5) is 5.82 Å². The molecule has 1 aliphatic heterocycles. The molecule has 5 nitrogen and oxygen atoms in total. The van der Waals surface area contributed by atoms with E-state index in [1.165, 1.54) is 5.57 Å². The summed E-state index contributed by atoms with van der Waals surface area (Å²) in [5.41, 5.74) is 9.78. The van der Waals surface area contributed by atoms with Gasteiger partial charge in [0, 0.05) is 17.8 Å². The fourth-order valence-electron chi connectivity index (χ4n) is 3.12. The van der Waals surface area contributed by atoms with Crippen molar-refractivity contribution in [1.29, 1.82) is 0 Å². The molecule has 1 aromatic carbocycles. The molecule has 2 aromatic rings. The SMILES string of the molecule is CC(C)(C)C1=CCCCOC(NC(=O)Cc2ccc(-c3ccc(N)nc3)cc2)=C1. The Morgan fingerprint density at radius 1 is 1.14 bits per heavy atom. The summed E-state index contributed by atoms with van der Waals surface area (Å²) < 4.78 is 5.77. The summed E-state index contributed by atoms with van der Waals surface area (Å²) in [6, 6.07) is 11.6. The van der Waals surface area contributed by atoms with Gasteiger partial charge in [0.25, 0.3) is 0 Å². The summed E-state index contributed by atoms with van der Waals surface area (Å²) in [4.78, 5) is 16.7. The van der Waals surface area contributed by atoms with Crippen LogP contribution < -0.4 is 11.1 Å². The molecule has 0 spiro atoms. The Labute approximate surface area is 172 Å². The largest absolute Gasteiger partial charge is 0.479 e. The third-order valence-corrected chi connectivity index (χ3v) is 4.82. The highest BCUT2D eigenvalue weighted by atomic mass is 16.5. The van der Waals surface area contributed by atoms with Crippen molar-refractivity contribution in [3.05, 3.63) is 71.8 Å². The number of allylic oxidation sites excluding steroid dienone is 3. The second kappa shape index (κ2) is 8.95. The van der Waals surface area contributed by atoms with Crippen molar-refractivity contribution < 1.29 is 9.53 Å². The van der Waals surface area contributed by atoms with Crippen LogP contribution in [0.1, 0.15) is 39.2 Å². The molecule has 5 heteroatoms. The first-order chi connectivity index (χ1) is 13.8. The van der Waals surface area contributed by atoms with Gasteiger partial charge >= 0.3 is 0 Å². The normalized spacial score (nSPS) is 14.7. The van der Waals surface area contributed by atoms with Crippen LogP contribution in [0.5, 0.6) is 0 Å². The molecule has 0 unspecified atom stereocenters. The van der Waals surface area contributed by atoms with Gasteiger partial charge in [0.1, 0.15) is 5.82 Å². The first kappa shape index (κ1) is 20.6. The fraction of sp³-hybridized carbons (Fsp3) is 0.333. The van der Waals surface area contributed by atoms with E-state index >= 15 is 0 Å². The molecule has 152 valence electrons. The van der Waals surface area contributed by atoms with Gasteiger partial charge in [0.15, 0.2) is 5.88 Å². The smallest absolute Gasteiger partial charge is 0.231 e. The Morgan fingerprint density at radius 2 is 1.86 bits per heavy atom. The first-order valence-electron chi connectivity index (χ1n) is 9.97. The van der Waals surface area contributed by atoms with E-state index in [1.807, 2.05) is 36.4 Å². The van der Waals surface area contributed by atoms with E-state index in [1.54, 1.807) is 12.3 Å². The molecule has 0 bridgehead atoms. The maximum absolute atomic E-state index is 12.6. The topological polar surface area (TPSA) is 77.2 Å². The maximum Gasteiger partial charge on any atom is 0.231 e. The first-order valence-corrected chi connectivity index (χ1v) is 9.97. The lowest BCUT2D eigenvalue weighted by atomic mass is 9.85. The van der Waals surface area contributed by atoms with Crippen LogP contribution in [0.15, 0.2) is 66.2 Å². The molecule has 29 heavy (non-hydrogen) atoms. The lowest BCUT2D eigenvalue weighted by Gasteiger charge is -2.23. The molecule has 1 amide bonds. The minimum Gasteiger partial charge on any atom is -0.479 e. The summed E-state index contributed by atoms with van der Waals surface area (Å²) in [6.07, 6.45) is 8.15. The standard InChI is InChI=1S/C24H29N3O2/c1-24(2,3)20-6-4-5-13-29-23(15-20)27-22(28)14-17-7-9-18(10-8-17)19-11-12-21(25)26-16-19/h6-12,15-16H,4-5,13-14H2,1-3H3,(H2,25,26)(H,27,28). The van der Waals surface area contributed by atoms with Crippen molar-refractivity contribution in [1.82, 2.24) is 10.3 Å². The quantitative estimate of drug-likeness (QED) is 0.798. The molecule has 0 saturated heterocycles. The average Bonchev–Trinajstić information content (AvgIpc) is 2.64. The van der Waals surface area contributed by atoms with E-state index in [0.717, 1.165) is 29.5 Å². The number of hydrogen-bond acceptors (Lipinski definition) is 4. The van der Waals surface area contributed by atoms with Gasteiger partial charge in [-0.05, 0) is 47.1 Å². The molecule has 1 aromatic heterocycles. The monoisotopic (exact) mass is 391 g/mol. The van der Waals surface area contributed by atoms with Crippen LogP contribution in [0.25, 0.3) is 11.1 Å². The van der Waals surface area contributed by atoms with Crippen molar-refractivity contribution in [3.8, 4) is 11.1 Å². The third kappa shape index (κ3) is 5.95. The van der Waals surface area contributed by atoms with Gasteiger partial charge in [0.2, 0.25) is 5.91 Å². The van der Waals surface area contributed by atoms with Crippen molar-refractivity contribution >= 4 is 11.7 Å². The molecule has 3 N–H and O–H groups in total. The molecule has 0 radical (unpaired) electrons. The summed E-state index contributed by atoms with van der Waals surface area (Å²) in [7, 11) is 0. The number of aromatic nitrogens is 1. The number of anilines is 1. The van der Waals surface area contributed by atoms with Crippen molar-refractivity contribution in [2.24, 2.45) is 5.41 Å².